The maximum absolute atomic E-state index is 15.1. The third-order valence-electron chi connectivity index (χ3n) is 3.38. The van der Waals surface area contributed by atoms with E-state index >= 15 is 4.39 Å². The molecular weight excluding hydrogens is 501 g/mol. The second kappa shape index (κ2) is 9.39. The van der Waals surface area contributed by atoms with Gasteiger partial charge in [-0.2, -0.15) is 13.6 Å². The smallest absolute Gasteiger partial charge is 0.383 e. The summed E-state index contributed by atoms with van der Waals surface area (Å²) >= 11 is 0. The van der Waals surface area contributed by atoms with Gasteiger partial charge in [-0.25, -0.2) is 27.3 Å². The number of nitrogen functional groups attached to an aromatic ring is 1. The van der Waals surface area contributed by atoms with Crippen molar-refractivity contribution in [2.45, 2.75) is 24.7 Å². The largest absolute Gasteiger partial charge is 0.490 e. The lowest BCUT2D eigenvalue weighted by atomic mass is 10.0. The fourth-order valence-electron chi connectivity index (χ4n) is 2.00. The molecule has 0 aliphatic heterocycles. The SMILES string of the molecule is CO[C@](F)(COP(=O)(O)OP(=O)(O)OP(=O)(O)O)[C@@H](O)C(C)(F)n1ccc(N)nc1=O. The Morgan fingerprint density at radius 3 is 2.19 bits per heavy atom. The second-order valence-electron chi connectivity index (χ2n) is 5.79. The number of rotatable bonds is 11. The van der Waals surface area contributed by atoms with Gasteiger partial charge in [0.15, 0.2) is 6.10 Å². The Labute approximate surface area is 171 Å². The third kappa shape index (κ3) is 7.75. The van der Waals surface area contributed by atoms with E-state index in [4.69, 9.17) is 20.4 Å². The van der Waals surface area contributed by atoms with Crippen molar-refractivity contribution in [1.29, 1.82) is 0 Å². The van der Waals surface area contributed by atoms with Crippen molar-refractivity contribution in [3.63, 3.8) is 0 Å². The zero-order valence-electron chi connectivity index (χ0n) is 15.5. The number of hydrogen-bond acceptors (Lipinski definition) is 11. The Morgan fingerprint density at radius 1 is 1.19 bits per heavy atom. The summed E-state index contributed by atoms with van der Waals surface area (Å²) in [5.74, 6) is -7.34. The van der Waals surface area contributed by atoms with Crippen LogP contribution in [-0.2, 0) is 37.4 Å². The summed E-state index contributed by atoms with van der Waals surface area (Å²) in [5, 5.41) is 10.1. The summed E-state index contributed by atoms with van der Waals surface area (Å²) in [7, 11) is -16.8. The maximum Gasteiger partial charge on any atom is 0.490 e. The molecule has 1 heterocycles. The molecule has 0 aliphatic carbocycles. The highest BCUT2D eigenvalue weighted by molar-refractivity contribution is 7.66. The molecule has 1 aromatic heterocycles. The third-order valence-corrected chi connectivity index (χ3v) is 7.17. The summed E-state index contributed by atoms with van der Waals surface area (Å²) in [4.78, 5) is 50.2. The molecule has 1 rings (SSSR count). The van der Waals surface area contributed by atoms with Crippen molar-refractivity contribution in [2.75, 3.05) is 19.5 Å². The van der Waals surface area contributed by atoms with Crippen LogP contribution < -0.4 is 11.4 Å². The molecule has 31 heavy (non-hydrogen) atoms. The number of methoxy groups -OCH3 is 1. The molecule has 0 bridgehead atoms. The van der Waals surface area contributed by atoms with Crippen LogP contribution in [0.4, 0.5) is 14.6 Å². The summed E-state index contributed by atoms with van der Waals surface area (Å²) < 4.78 is 78.7. The first kappa shape index (κ1) is 27.9. The first-order valence-corrected chi connectivity index (χ1v) is 12.0. The first-order chi connectivity index (χ1) is 13.7. The average molecular weight is 519 g/mol. The summed E-state index contributed by atoms with van der Waals surface area (Å²) in [6, 6.07) is 0.935. The van der Waals surface area contributed by atoms with Gasteiger partial charge in [-0.3, -0.25) is 9.09 Å². The molecule has 0 aliphatic rings. The van der Waals surface area contributed by atoms with Crippen LogP contribution in [0.15, 0.2) is 17.1 Å². The number of aliphatic hydroxyl groups is 1. The Bertz CT molecular complexity index is 999. The number of nitrogens with two attached hydrogens (primary N) is 1. The van der Waals surface area contributed by atoms with Crippen LogP contribution in [-0.4, -0.2) is 59.9 Å². The van der Waals surface area contributed by atoms with Gasteiger partial charge in [-0.1, -0.05) is 0 Å². The number of halogens is 2. The van der Waals surface area contributed by atoms with Crippen molar-refractivity contribution >= 4 is 29.3 Å². The van der Waals surface area contributed by atoms with Crippen LogP contribution in [0.25, 0.3) is 0 Å². The Kier molecular flexibility index (Phi) is 8.45. The van der Waals surface area contributed by atoms with Crippen molar-refractivity contribution in [2.24, 2.45) is 0 Å². The van der Waals surface area contributed by atoms with Crippen LogP contribution in [0.2, 0.25) is 0 Å². The molecule has 0 amide bonds. The van der Waals surface area contributed by atoms with E-state index in [1.165, 1.54) is 0 Å². The number of nitrogens with zero attached hydrogens (tertiary/aromatic N) is 2. The molecule has 5 atom stereocenters. The number of ether oxygens (including phenoxy) is 1. The lowest BCUT2D eigenvalue weighted by Crippen LogP contribution is -2.57. The molecule has 16 nitrogen and oxygen atoms in total. The van der Waals surface area contributed by atoms with Gasteiger partial charge in [0.1, 0.15) is 12.4 Å². The van der Waals surface area contributed by atoms with E-state index in [-0.39, 0.29) is 10.4 Å². The van der Waals surface area contributed by atoms with E-state index < -0.39 is 53.5 Å². The van der Waals surface area contributed by atoms with Gasteiger partial charge in [-0.15, -0.1) is 0 Å². The highest BCUT2D eigenvalue weighted by atomic mass is 31.3. The molecule has 0 saturated heterocycles. The summed E-state index contributed by atoms with van der Waals surface area (Å²) in [6.07, 6.45) is -2.24. The number of alkyl halides is 2. The number of aromatic nitrogens is 2. The van der Waals surface area contributed by atoms with E-state index in [0.717, 1.165) is 6.07 Å². The standard InChI is InChI=1S/C10H18F2N3O13P3/c1-9(11,15-4-3-6(13)14-8(15)17)7(16)10(12,25-2)5-26-30(21,22)28-31(23,24)27-29(18,19)20/h3-4,7,16H,5H2,1-2H3,(H,21,22)(H,23,24)(H2,13,14,17)(H2,18,19,20)/t7-,9?,10+/m0/s1. The quantitative estimate of drug-likeness (QED) is 0.201. The van der Waals surface area contributed by atoms with Crippen molar-refractivity contribution in [3.8, 4) is 0 Å². The van der Waals surface area contributed by atoms with Crippen molar-refractivity contribution in [1.82, 2.24) is 9.55 Å². The molecule has 0 aromatic carbocycles. The number of aliphatic hydroxyl groups excluding tert-OH is 1. The predicted octanol–water partition coefficient (Wildman–Crippen LogP) is -0.516. The van der Waals surface area contributed by atoms with E-state index in [9.17, 15) is 32.9 Å². The molecule has 21 heteroatoms. The average Bonchev–Trinajstić information content (AvgIpc) is 2.55. The van der Waals surface area contributed by atoms with Gasteiger partial charge < -0.3 is 35.2 Å². The first-order valence-electron chi connectivity index (χ1n) is 7.50. The van der Waals surface area contributed by atoms with Crippen LogP contribution >= 0.6 is 23.5 Å². The predicted molar refractivity (Wildman–Crippen MR) is 94.3 cm³/mol. The van der Waals surface area contributed by atoms with E-state index in [1.54, 1.807) is 0 Å². The summed E-state index contributed by atoms with van der Waals surface area (Å²) in [5.41, 5.74) is 3.89. The molecule has 180 valence electrons. The van der Waals surface area contributed by atoms with Gasteiger partial charge in [0.25, 0.3) is 5.85 Å². The molecule has 0 fully saturated rings. The Morgan fingerprint density at radius 2 is 1.74 bits per heavy atom. The normalized spacial score (nSPS) is 21.3. The summed E-state index contributed by atoms with van der Waals surface area (Å²) in [6.45, 7) is -1.35. The minimum atomic E-state index is -5.91. The number of anilines is 1. The van der Waals surface area contributed by atoms with Gasteiger partial charge in [-0.05, 0) is 13.0 Å². The van der Waals surface area contributed by atoms with Gasteiger partial charge in [0.2, 0.25) is 5.79 Å². The number of phosphoric acid groups is 3. The molecule has 7 N–H and O–H groups in total. The fourth-order valence-corrected chi connectivity index (χ4v) is 5.03. The van der Waals surface area contributed by atoms with Gasteiger partial charge in [0, 0.05) is 13.3 Å². The molecule has 0 spiro atoms. The van der Waals surface area contributed by atoms with Crippen LogP contribution in [0.1, 0.15) is 6.92 Å². The monoisotopic (exact) mass is 519 g/mol. The molecule has 0 saturated carbocycles. The van der Waals surface area contributed by atoms with E-state index in [0.29, 0.717) is 20.2 Å². The highest BCUT2D eigenvalue weighted by Gasteiger charge is 2.54. The number of hydrogen-bond donors (Lipinski definition) is 6. The molecule has 0 radical (unpaired) electrons. The van der Waals surface area contributed by atoms with Crippen LogP contribution in [0.5, 0.6) is 0 Å². The Balaban J connectivity index is 3.08. The van der Waals surface area contributed by atoms with E-state index in [2.05, 4.69) is 22.9 Å². The zero-order chi connectivity index (χ0) is 24.5. The molecular formula is C10H18F2N3O13P3. The van der Waals surface area contributed by atoms with Crippen molar-refractivity contribution in [3.05, 3.63) is 22.7 Å². The van der Waals surface area contributed by atoms with Crippen molar-refractivity contribution < 1.29 is 65.0 Å². The lowest BCUT2D eigenvalue weighted by molar-refractivity contribution is -0.255. The zero-order valence-corrected chi connectivity index (χ0v) is 18.2. The van der Waals surface area contributed by atoms with Gasteiger partial charge >= 0.3 is 29.2 Å². The van der Waals surface area contributed by atoms with Crippen LogP contribution in [0, 0.1) is 0 Å². The topological polar surface area (TPSA) is 250 Å². The van der Waals surface area contributed by atoms with E-state index in [1.807, 2.05) is 0 Å². The maximum atomic E-state index is 15.1. The minimum absolute atomic E-state index is 0.117. The fraction of sp³-hybridized carbons (Fsp3) is 0.600. The minimum Gasteiger partial charge on any atom is -0.383 e. The highest BCUT2D eigenvalue weighted by Crippen LogP contribution is 2.66. The van der Waals surface area contributed by atoms with Crippen LogP contribution in [0.3, 0.4) is 0 Å². The second-order valence-corrected chi connectivity index (χ2v) is 10.2. The number of phosphoric ester groups is 1. The lowest BCUT2D eigenvalue weighted by Gasteiger charge is -2.36. The Hall–Kier alpha value is -1.13. The molecule has 1 aromatic rings. The van der Waals surface area contributed by atoms with Gasteiger partial charge in [0.05, 0.1) is 0 Å². The molecule has 3 unspecified atom stereocenters.